The Morgan fingerprint density at radius 1 is 0.885 bits per heavy atom. The lowest BCUT2D eigenvalue weighted by Gasteiger charge is -2.07. The fourth-order valence-electron chi connectivity index (χ4n) is 2.74. The Hall–Kier alpha value is -3.80. The van der Waals surface area contributed by atoms with Gasteiger partial charge in [0.1, 0.15) is 5.75 Å². The summed E-state index contributed by atoms with van der Waals surface area (Å²) in [7, 11) is 0. The first-order valence-corrected chi connectivity index (χ1v) is 8.10. The van der Waals surface area contributed by atoms with E-state index in [4.69, 9.17) is 0 Å². The van der Waals surface area contributed by atoms with Crippen molar-refractivity contribution >= 4 is 28.4 Å². The van der Waals surface area contributed by atoms with Gasteiger partial charge in [-0.1, -0.05) is 42.5 Å². The summed E-state index contributed by atoms with van der Waals surface area (Å²) in [5.41, 5.74) is 3.59. The topological polar surface area (TPSA) is 90.0 Å². The van der Waals surface area contributed by atoms with Gasteiger partial charge in [-0.05, 0) is 41.5 Å². The van der Waals surface area contributed by atoms with Crippen LogP contribution in [0.15, 0.2) is 72.8 Å². The summed E-state index contributed by atoms with van der Waals surface area (Å²) in [5.74, 6) is 0.466. The van der Waals surface area contributed by atoms with E-state index in [1.54, 1.807) is 18.2 Å². The molecule has 0 saturated heterocycles. The predicted molar refractivity (Wildman–Crippen MR) is 102 cm³/mol. The van der Waals surface area contributed by atoms with E-state index in [1.165, 1.54) is 0 Å². The molecule has 1 aromatic heterocycles. The standard InChI is InChI=1S/C20H16N4O2/c25-16-10-11-18-17(12-16)19(24-23-18)22-20(26)21-15-8-6-14(7-9-15)13-4-2-1-3-5-13/h1-12,25H,(H3,21,22,23,24,26). The summed E-state index contributed by atoms with van der Waals surface area (Å²) >= 11 is 0. The summed E-state index contributed by atoms with van der Waals surface area (Å²) < 4.78 is 0. The smallest absolute Gasteiger partial charge is 0.324 e. The molecule has 128 valence electrons. The first-order chi connectivity index (χ1) is 12.7. The van der Waals surface area contributed by atoms with E-state index in [0.717, 1.165) is 16.6 Å². The van der Waals surface area contributed by atoms with Crippen LogP contribution in [0.1, 0.15) is 0 Å². The zero-order valence-corrected chi connectivity index (χ0v) is 13.7. The number of anilines is 2. The number of aromatic hydroxyl groups is 1. The number of benzene rings is 3. The molecule has 0 spiro atoms. The van der Waals surface area contributed by atoms with Crippen molar-refractivity contribution in [2.24, 2.45) is 0 Å². The summed E-state index contributed by atoms with van der Waals surface area (Å²) in [6.07, 6.45) is 0. The van der Waals surface area contributed by atoms with Crippen LogP contribution in [0.4, 0.5) is 16.3 Å². The minimum absolute atomic E-state index is 0.110. The number of hydrogen-bond acceptors (Lipinski definition) is 3. The normalized spacial score (nSPS) is 10.6. The summed E-state index contributed by atoms with van der Waals surface area (Å²) in [6, 6.07) is 22.0. The molecule has 4 N–H and O–H groups in total. The number of fused-ring (bicyclic) bond motifs is 1. The van der Waals surface area contributed by atoms with Gasteiger partial charge < -0.3 is 10.4 Å². The Bertz CT molecular complexity index is 1060. The monoisotopic (exact) mass is 344 g/mol. The molecule has 0 aliphatic carbocycles. The van der Waals surface area contributed by atoms with Gasteiger partial charge in [0.05, 0.1) is 5.52 Å². The summed E-state index contributed by atoms with van der Waals surface area (Å²) in [4.78, 5) is 12.2. The number of carbonyl (C=O) groups is 1. The molecule has 1 heterocycles. The van der Waals surface area contributed by atoms with Crippen molar-refractivity contribution in [2.45, 2.75) is 0 Å². The highest BCUT2D eigenvalue weighted by atomic mass is 16.3. The number of aromatic amines is 1. The maximum absolute atomic E-state index is 12.2. The van der Waals surface area contributed by atoms with Crippen LogP contribution < -0.4 is 10.6 Å². The molecule has 4 aromatic rings. The van der Waals surface area contributed by atoms with Crippen molar-refractivity contribution in [2.75, 3.05) is 10.6 Å². The number of urea groups is 1. The number of aromatic nitrogens is 2. The number of rotatable bonds is 3. The molecule has 0 radical (unpaired) electrons. The van der Waals surface area contributed by atoms with Crippen molar-refractivity contribution in [3.05, 3.63) is 72.8 Å². The van der Waals surface area contributed by atoms with E-state index in [9.17, 15) is 9.90 Å². The third-order valence-corrected chi connectivity index (χ3v) is 4.03. The largest absolute Gasteiger partial charge is 0.508 e. The Kier molecular flexibility index (Phi) is 3.99. The SMILES string of the molecule is O=C(Nc1ccc(-c2ccccc2)cc1)Nc1n[nH]c2ccc(O)cc12. The molecule has 0 saturated carbocycles. The zero-order valence-electron chi connectivity index (χ0n) is 13.7. The minimum atomic E-state index is -0.408. The highest BCUT2D eigenvalue weighted by Gasteiger charge is 2.10. The van der Waals surface area contributed by atoms with Crippen LogP contribution in [-0.2, 0) is 0 Å². The molecule has 0 unspecified atom stereocenters. The third-order valence-electron chi connectivity index (χ3n) is 4.03. The number of amides is 2. The molecule has 0 atom stereocenters. The summed E-state index contributed by atoms with van der Waals surface area (Å²) in [5, 5.41) is 22.6. The van der Waals surface area contributed by atoms with Crippen LogP contribution in [0.5, 0.6) is 5.75 Å². The highest BCUT2D eigenvalue weighted by molar-refractivity contribution is 6.04. The maximum atomic E-state index is 12.2. The van der Waals surface area contributed by atoms with Crippen LogP contribution in [-0.4, -0.2) is 21.3 Å². The number of H-pyrrole nitrogens is 1. The van der Waals surface area contributed by atoms with Crippen LogP contribution in [0.25, 0.3) is 22.0 Å². The van der Waals surface area contributed by atoms with Gasteiger partial charge in [-0.15, -0.1) is 0 Å². The van der Waals surface area contributed by atoms with Crippen molar-refractivity contribution in [3.8, 4) is 16.9 Å². The lowest BCUT2D eigenvalue weighted by molar-refractivity contribution is 0.262. The van der Waals surface area contributed by atoms with Crippen LogP contribution in [0.2, 0.25) is 0 Å². The molecule has 0 bridgehead atoms. The van der Waals surface area contributed by atoms with E-state index in [0.29, 0.717) is 16.9 Å². The average molecular weight is 344 g/mol. The van der Waals surface area contributed by atoms with Crippen molar-refractivity contribution < 1.29 is 9.90 Å². The van der Waals surface area contributed by atoms with E-state index < -0.39 is 6.03 Å². The summed E-state index contributed by atoms with van der Waals surface area (Å²) in [6.45, 7) is 0. The molecular formula is C20H16N4O2. The van der Waals surface area contributed by atoms with Gasteiger partial charge in [-0.3, -0.25) is 10.4 Å². The fraction of sp³-hybridized carbons (Fsp3) is 0. The maximum Gasteiger partial charge on any atom is 0.324 e. The number of hydrogen-bond donors (Lipinski definition) is 4. The number of nitrogens with zero attached hydrogens (tertiary/aromatic N) is 1. The molecule has 0 aliphatic rings. The molecule has 2 amide bonds. The van der Waals surface area contributed by atoms with Gasteiger partial charge >= 0.3 is 6.03 Å². The van der Waals surface area contributed by atoms with E-state index in [2.05, 4.69) is 20.8 Å². The second-order valence-corrected chi connectivity index (χ2v) is 5.82. The quantitative estimate of drug-likeness (QED) is 0.438. The lowest BCUT2D eigenvalue weighted by atomic mass is 10.1. The van der Waals surface area contributed by atoms with Gasteiger partial charge in [0.2, 0.25) is 0 Å². The second kappa shape index (κ2) is 6.60. The van der Waals surface area contributed by atoms with Gasteiger partial charge in [0.15, 0.2) is 5.82 Å². The van der Waals surface area contributed by atoms with Crippen molar-refractivity contribution in [1.29, 1.82) is 0 Å². The molecule has 0 fully saturated rings. The Balaban J connectivity index is 1.47. The van der Waals surface area contributed by atoms with Gasteiger partial charge in [0, 0.05) is 11.1 Å². The second-order valence-electron chi connectivity index (χ2n) is 5.82. The van der Waals surface area contributed by atoms with E-state index >= 15 is 0 Å². The molecule has 6 nitrogen and oxygen atoms in total. The van der Waals surface area contributed by atoms with E-state index in [-0.39, 0.29) is 5.75 Å². The van der Waals surface area contributed by atoms with E-state index in [1.807, 2.05) is 54.6 Å². The zero-order chi connectivity index (χ0) is 17.9. The third kappa shape index (κ3) is 3.21. The highest BCUT2D eigenvalue weighted by Crippen LogP contribution is 2.25. The number of carbonyl (C=O) groups excluding carboxylic acids is 1. The lowest BCUT2D eigenvalue weighted by Crippen LogP contribution is -2.19. The average Bonchev–Trinajstić information content (AvgIpc) is 3.05. The van der Waals surface area contributed by atoms with Gasteiger partial charge in [-0.2, -0.15) is 5.10 Å². The number of phenols is 1. The number of nitrogens with one attached hydrogen (secondary N) is 3. The van der Waals surface area contributed by atoms with Crippen molar-refractivity contribution in [1.82, 2.24) is 10.2 Å². The molecule has 26 heavy (non-hydrogen) atoms. The first-order valence-electron chi connectivity index (χ1n) is 8.10. The van der Waals surface area contributed by atoms with Gasteiger partial charge in [-0.25, -0.2) is 4.79 Å². The molecule has 3 aromatic carbocycles. The Morgan fingerprint density at radius 2 is 1.62 bits per heavy atom. The molecule has 4 rings (SSSR count). The van der Waals surface area contributed by atoms with Crippen LogP contribution in [0, 0.1) is 0 Å². The molecular weight excluding hydrogens is 328 g/mol. The van der Waals surface area contributed by atoms with Crippen LogP contribution in [0.3, 0.4) is 0 Å². The Morgan fingerprint density at radius 3 is 2.38 bits per heavy atom. The number of phenolic OH excluding ortho intramolecular Hbond substituents is 1. The Labute approximate surface area is 149 Å². The van der Waals surface area contributed by atoms with Crippen molar-refractivity contribution in [3.63, 3.8) is 0 Å². The predicted octanol–water partition coefficient (Wildman–Crippen LogP) is 4.58. The molecule has 0 aliphatic heterocycles. The van der Waals surface area contributed by atoms with Gasteiger partial charge in [0.25, 0.3) is 0 Å². The first kappa shape index (κ1) is 15.7. The fourth-order valence-corrected chi connectivity index (χ4v) is 2.74. The van der Waals surface area contributed by atoms with Crippen LogP contribution >= 0.6 is 0 Å². The molecule has 6 heteroatoms. The minimum Gasteiger partial charge on any atom is -0.508 e.